The lowest BCUT2D eigenvalue weighted by Crippen LogP contribution is -2.50. The van der Waals surface area contributed by atoms with Crippen LogP contribution in [0, 0.1) is 11.8 Å². The molecule has 1 aromatic heterocycles. The molecule has 0 aliphatic rings. The summed E-state index contributed by atoms with van der Waals surface area (Å²) in [6.07, 6.45) is -11.9. The number of carbonyl (C=O) groups excluding carboxylic acids is 2. The van der Waals surface area contributed by atoms with Gasteiger partial charge in [-0.15, -0.1) is 0 Å². The molecule has 0 radical (unpaired) electrons. The predicted octanol–water partition coefficient (Wildman–Crippen LogP) is 7.03. The quantitative estimate of drug-likeness (QED) is 0.203. The summed E-state index contributed by atoms with van der Waals surface area (Å²) in [4.78, 5) is 30.1. The number of alkyl halides is 7. The van der Waals surface area contributed by atoms with Gasteiger partial charge in [-0.3, -0.25) is 9.59 Å². The van der Waals surface area contributed by atoms with Crippen molar-refractivity contribution in [2.24, 2.45) is 5.73 Å². The molecule has 0 spiro atoms. The minimum Gasteiger partial charge on any atom is -0.329 e. The van der Waals surface area contributed by atoms with E-state index in [-0.39, 0.29) is 30.8 Å². The molecule has 0 unspecified atom stereocenters. The summed E-state index contributed by atoms with van der Waals surface area (Å²) in [5.41, 5.74) is -3.76. The number of nitrogens with one attached hydrogen (secondary N) is 1. The van der Waals surface area contributed by atoms with Gasteiger partial charge in [0, 0.05) is 33.8 Å². The zero-order valence-corrected chi connectivity index (χ0v) is 23.2. The van der Waals surface area contributed by atoms with E-state index >= 15 is 4.39 Å². The molecule has 0 aliphatic carbocycles. The van der Waals surface area contributed by atoms with Gasteiger partial charge < -0.3 is 16.0 Å². The molecule has 2 aromatic carbocycles. The van der Waals surface area contributed by atoms with Crippen LogP contribution in [-0.2, 0) is 5.67 Å². The lowest BCUT2D eigenvalue weighted by molar-refractivity contribution is -0.348. The Morgan fingerprint density at radius 1 is 0.927 bits per heavy atom. The van der Waals surface area contributed by atoms with E-state index in [0.717, 1.165) is 35.4 Å². The highest BCUT2D eigenvalue weighted by Crippen LogP contribution is 2.54. The number of rotatable bonds is 7. The first-order chi connectivity index (χ1) is 18.9. The largest absolute Gasteiger partial charge is 0.435 e. The van der Waals surface area contributed by atoms with Crippen molar-refractivity contribution in [3.05, 3.63) is 86.1 Å². The summed E-state index contributed by atoms with van der Waals surface area (Å²) in [6, 6.07) is 5.63. The molecule has 0 saturated heterocycles. The normalized spacial score (nSPS) is 12.3. The molecule has 3 N–H and O–H groups in total. The fourth-order valence-electron chi connectivity index (χ4n) is 3.58. The van der Waals surface area contributed by atoms with Crippen LogP contribution in [0.1, 0.15) is 26.3 Å². The molecule has 0 atom stereocenters. The molecule has 6 nitrogen and oxygen atoms in total. The minimum atomic E-state index is -6.38. The number of nitrogens with two attached hydrogens (primary N) is 1. The lowest BCUT2D eigenvalue weighted by atomic mass is 9.94. The van der Waals surface area contributed by atoms with Crippen LogP contribution in [0.4, 0.5) is 50.9 Å². The fourth-order valence-corrected chi connectivity index (χ4v) is 4.97. The van der Waals surface area contributed by atoms with Crippen molar-refractivity contribution in [2.45, 2.75) is 18.0 Å². The van der Waals surface area contributed by atoms with E-state index in [0.29, 0.717) is 0 Å². The molecule has 0 bridgehead atoms. The third-order valence-corrected chi connectivity index (χ3v) is 6.80. The van der Waals surface area contributed by atoms with Gasteiger partial charge in [0.15, 0.2) is 5.82 Å². The average molecular weight is 722 g/mol. The Morgan fingerprint density at radius 2 is 1.51 bits per heavy atom. The van der Waals surface area contributed by atoms with Crippen LogP contribution in [0.2, 0.25) is 0 Å². The van der Waals surface area contributed by atoms with Gasteiger partial charge in [0.2, 0.25) is 5.95 Å². The van der Waals surface area contributed by atoms with Crippen LogP contribution in [0.15, 0.2) is 57.6 Å². The number of pyridine rings is 1. The first-order valence-electron chi connectivity index (χ1n) is 11.0. The summed E-state index contributed by atoms with van der Waals surface area (Å²) in [5.74, 6) is -4.21. The lowest BCUT2D eigenvalue weighted by Gasteiger charge is -2.31. The van der Waals surface area contributed by atoms with Crippen molar-refractivity contribution in [2.75, 3.05) is 23.3 Å². The summed E-state index contributed by atoms with van der Waals surface area (Å²) in [6.45, 7) is -0.408. The van der Waals surface area contributed by atoms with Gasteiger partial charge in [-0.2, -0.15) is 30.7 Å². The highest BCUT2D eigenvalue weighted by atomic mass is 79.9. The molecule has 3 rings (SSSR count). The third-order valence-electron chi connectivity index (χ3n) is 5.55. The van der Waals surface area contributed by atoms with Crippen molar-refractivity contribution in [1.82, 2.24) is 4.98 Å². The fraction of sp³-hybridized carbons (Fsp3) is 0.208. The molecule has 0 aliphatic heterocycles. The highest BCUT2D eigenvalue weighted by molar-refractivity contribution is 9.11. The first-order valence-corrected chi connectivity index (χ1v) is 12.6. The second-order valence-electron chi connectivity index (χ2n) is 8.18. The molecular weight excluding hydrogens is 707 g/mol. The maximum atomic E-state index is 15.5. The Bertz CT molecular complexity index is 1430. The van der Waals surface area contributed by atoms with Crippen molar-refractivity contribution in [1.29, 1.82) is 0 Å². The zero-order valence-electron chi connectivity index (χ0n) is 20.0. The van der Waals surface area contributed by atoms with Crippen LogP contribution >= 0.6 is 31.9 Å². The predicted molar refractivity (Wildman–Crippen MR) is 136 cm³/mol. The van der Waals surface area contributed by atoms with Crippen molar-refractivity contribution in [3.63, 3.8) is 0 Å². The van der Waals surface area contributed by atoms with E-state index in [4.69, 9.17) is 5.73 Å². The van der Waals surface area contributed by atoms with Gasteiger partial charge in [-0.25, -0.2) is 13.8 Å². The molecule has 2 amide bonds. The number of nitrogens with zero attached hydrogens (tertiary/aromatic N) is 2. The van der Waals surface area contributed by atoms with E-state index < -0.39 is 73.0 Å². The Labute approximate surface area is 242 Å². The average Bonchev–Trinajstić information content (AvgIpc) is 2.87. The highest BCUT2D eigenvalue weighted by Gasteiger charge is 2.73. The Hall–Kier alpha value is -3.18. The summed E-state index contributed by atoms with van der Waals surface area (Å²) in [7, 11) is 0. The van der Waals surface area contributed by atoms with Crippen LogP contribution in [0.5, 0.6) is 0 Å². The van der Waals surface area contributed by atoms with Gasteiger partial charge in [-0.05, 0) is 68.3 Å². The number of halogens is 11. The van der Waals surface area contributed by atoms with E-state index in [1.807, 2.05) is 0 Å². The Morgan fingerprint density at radius 3 is 2.00 bits per heavy atom. The van der Waals surface area contributed by atoms with Crippen molar-refractivity contribution < 1.29 is 49.1 Å². The van der Waals surface area contributed by atoms with E-state index in [2.05, 4.69) is 42.2 Å². The molecular formula is C24H15Br2F9N4O2. The van der Waals surface area contributed by atoms with Crippen LogP contribution in [0.25, 0.3) is 0 Å². The van der Waals surface area contributed by atoms with Crippen LogP contribution in [-0.4, -0.2) is 42.2 Å². The Kier molecular flexibility index (Phi) is 9.44. The SMILES string of the molecule is NCCN(C(=O)c1ccc(F)nc1)c1cccc(C(=O)Nc2c(Br)cc(C(F)(C(F)(F)F)C(F)(F)F)cc2Br)c1F. The van der Waals surface area contributed by atoms with Crippen molar-refractivity contribution in [3.8, 4) is 0 Å². The number of aromatic nitrogens is 1. The zero-order chi connectivity index (χ0) is 30.9. The number of amides is 2. The van der Waals surface area contributed by atoms with Crippen molar-refractivity contribution >= 4 is 55.0 Å². The van der Waals surface area contributed by atoms with Gasteiger partial charge in [0.25, 0.3) is 11.8 Å². The Balaban J connectivity index is 1.99. The topological polar surface area (TPSA) is 88.3 Å². The number of carbonyl (C=O) groups is 2. The second kappa shape index (κ2) is 12.0. The van der Waals surface area contributed by atoms with Gasteiger partial charge >= 0.3 is 18.0 Å². The van der Waals surface area contributed by atoms with E-state index in [1.165, 1.54) is 6.07 Å². The van der Waals surface area contributed by atoms with Gasteiger partial charge in [0.05, 0.1) is 22.5 Å². The number of hydrogen-bond donors (Lipinski definition) is 2. The molecule has 41 heavy (non-hydrogen) atoms. The molecule has 3 aromatic rings. The maximum absolute atomic E-state index is 15.5. The molecule has 0 saturated carbocycles. The first kappa shape index (κ1) is 32.3. The number of benzene rings is 2. The number of anilines is 2. The number of hydrogen-bond acceptors (Lipinski definition) is 4. The summed E-state index contributed by atoms with van der Waals surface area (Å²) >= 11 is 5.43. The molecule has 0 fully saturated rings. The third kappa shape index (κ3) is 6.35. The van der Waals surface area contributed by atoms with Gasteiger partial charge in [-0.1, -0.05) is 6.07 Å². The maximum Gasteiger partial charge on any atom is 0.435 e. The second-order valence-corrected chi connectivity index (χ2v) is 9.89. The minimum absolute atomic E-state index is 0.135. The van der Waals surface area contributed by atoms with Crippen LogP contribution in [0.3, 0.4) is 0 Å². The monoisotopic (exact) mass is 720 g/mol. The van der Waals surface area contributed by atoms with Crippen LogP contribution < -0.4 is 16.0 Å². The molecule has 220 valence electrons. The summed E-state index contributed by atoms with van der Waals surface area (Å²) < 4.78 is 121. The molecule has 17 heteroatoms. The van der Waals surface area contributed by atoms with E-state index in [9.17, 15) is 44.7 Å². The smallest absolute Gasteiger partial charge is 0.329 e. The van der Waals surface area contributed by atoms with E-state index in [1.54, 1.807) is 0 Å². The summed E-state index contributed by atoms with van der Waals surface area (Å²) in [5, 5.41) is 2.12. The molecule has 1 heterocycles. The standard InChI is InChI=1S/C24H15Br2F9N4O2/c25-14-8-12(22(29,23(30,31)32)24(33,34)35)9-15(26)19(14)38-20(40)13-2-1-3-16(18(13)28)39(7-6-36)21(41)11-4-5-17(27)37-10-11/h1-5,8-10H,6-7,36H2,(H,38,40). The van der Waals surface area contributed by atoms with Gasteiger partial charge in [0.1, 0.15) is 0 Å².